The van der Waals surface area contributed by atoms with E-state index >= 15 is 0 Å². The number of rotatable bonds is 9. The average Bonchev–Trinajstić information content (AvgIpc) is 3.59. The molecule has 222 valence electrons. The van der Waals surface area contributed by atoms with E-state index in [2.05, 4.69) is 61.3 Å². The minimum Gasteiger partial charge on any atom is -0.493 e. The van der Waals surface area contributed by atoms with Gasteiger partial charge in [0.1, 0.15) is 18.5 Å². The van der Waals surface area contributed by atoms with Gasteiger partial charge in [-0.2, -0.15) is 10.1 Å². The first kappa shape index (κ1) is 28.4. The molecule has 5 aromatic rings. The third kappa shape index (κ3) is 5.67. The van der Waals surface area contributed by atoms with Crippen molar-refractivity contribution in [3.8, 4) is 17.2 Å². The number of carbonyl (C=O) groups is 1. The Morgan fingerprint density at radius 3 is 2.61 bits per heavy atom. The lowest BCUT2D eigenvalue weighted by molar-refractivity contribution is 0.104. The van der Waals surface area contributed by atoms with E-state index in [-0.39, 0.29) is 23.6 Å². The first-order valence-electron chi connectivity index (χ1n) is 14.1. The molecule has 3 heterocycles. The van der Waals surface area contributed by atoms with Gasteiger partial charge in [0, 0.05) is 37.0 Å². The van der Waals surface area contributed by atoms with E-state index in [9.17, 15) is 4.79 Å². The maximum Gasteiger partial charge on any atom is 0.221 e. The van der Waals surface area contributed by atoms with Gasteiger partial charge >= 0.3 is 0 Å². The van der Waals surface area contributed by atoms with Crippen molar-refractivity contribution in [1.29, 1.82) is 0 Å². The number of nitrogens with two attached hydrogens (primary N) is 2. The summed E-state index contributed by atoms with van der Waals surface area (Å²) in [6.07, 6.45) is 9.47. The number of carbonyl (C=O) groups excluding carboxylic acids is 1. The smallest absolute Gasteiger partial charge is 0.221 e. The summed E-state index contributed by atoms with van der Waals surface area (Å²) in [7, 11) is 3.06. The van der Waals surface area contributed by atoms with E-state index in [1.807, 2.05) is 24.4 Å². The Labute approximate surface area is 254 Å². The van der Waals surface area contributed by atoms with Crippen molar-refractivity contribution < 1.29 is 14.3 Å². The molecule has 0 aliphatic carbocycles. The summed E-state index contributed by atoms with van der Waals surface area (Å²) in [5.74, 6) is 0.962. The number of allylic oxidation sites excluding steroid dienone is 1. The Bertz CT molecular complexity index is 1820. The topological polar surface area (TPSA) is 147 Å². The molecule has 1 unspecified atom stereocenters. The third-order valence-corrected chi connectivity index (χ3v) is 7.75. The molecule has 1 aliphatic rings. The number of nitrogens with zero attached hydrogens (tertiary/aromatic N) is 6. The van der Waals surface area contributed by atoms with E-state index in [1.165, 1.54) is 31.7 Å². The monoisotopic (exact) mass is 588 g/mol. The zero-order chi connectivity index (χ0) is 30.6. The predicted molar refractivity (Wildman–Crippen MR) is 167 cm³/mol. The van der Waals surface area contributed by atoms with Gasteiger partial charge in [-0.3, -0.25) is 4.79 Å². The number of aromatic nitrogens is 5. The summed E-state index contributed by atoms with van der Waals surface area (Å²) in [6.45, 7) is 0.743. The van der Waals surface area contributed by atoms with Gasteiger partial charge in [-0.15, -0.1) is 0 Å². The molecule has 1 atom stereocenters. The van der Waals surface area contributed by atoms with Crippen molar-refractivity contribution in [3.05, 3.63) is 125 Å². The molecule has 3 aromatic carbocycles. The van der Waals surface area contributed by atoms with Crippen LogP contribution in [0.1, 0.15) is 44.2 Å². The van der Waals surface area contributed by atoms with Crippen molar-refractivity contribution in [2.75, 3.05) is 32.2 Å². The first-order chi connectivity index (χ1) is 21.4. The standard InChI is InChI=1S/C33H32N8O3/c1-43-29-17-21(15-24-18-37-33(35)39-32(24)34)16-27(31(29)44-2)28(42)12-14-40-13-11-22-5-3-4-6-26(22)30(40)23-7-9-25(10-8-23)41-20-36-19-38-41/h3-10,12,14,16-20,30H,11,13,15H2,1-2H3,(H4,34,35,37,39)/b14-12+. The number of anilines is 2. The molecule has 11 nitrogen and oxygen atoms in total. The lowest BCUT2D eigenvalue weighted by Crippen LogP contribution is -2.32. The normalized spacial score (nSPS) is 14.4. The zero-order valence-electron chi connectivity index (χ0n) is 24.4. The fraction of sp³-hybridized carbons (Fsp3) is 0.182. The van der Waals surface area contributed by atoms with Gasteiger partial charge in [0.15, 0.2) is 17.3 Å². The molecule has 6 rings (SSSR count). The van der Waals surface area contributed by atoms with E-state index in [0.29, 0.717) is 29.0 Å². The Hall–Kier alpha value is -5.71. The maximum absolute atomic E-state index is 13.8. The third-order valence-electron chi connectivity index (χ3n) is 7.75. The highest BCUT2D eigenvalue weighted by Gasteiger charge is 2.27. The Kier molecular flexibility index (Phi) is 7.92. The van der Waals surface area contributed by atoms with Crippen LogP contribution in [0, 0.1) is 0 Å². The molecule has 44 heavy (non-hydrogen) atoms. The van der Waals surface area contributed by atoms with Gasteiger partial charge in [0.05, 0.1) is 31.5 Å². The average molecular weight is 589 g/mol. The van der Waals surface area contributed by atoms with Crippen LogP contribution in [-0.4, -0.2) is 56.2 Å². The van der Waals surface area contributed by atoms with Crippen molar-refractivity contribution >= 4 is 17.5 Å². The molecule has 1 aliphatic heterocycles. The molecule has 4 N–H and O–H groups in total. The number of nitrogen functional groups attached to an aromatic ring is 2. The van der Waals surface area contributed by atoms with Gasteiger partial charge in [0.2, 0.25) is 5.95 Å². The number of methoxy groups -OCH3 is 2. The second-order valence-electron chi connectivity index (χ2n) is 10.4. The van der Waals surface area contributed by atoms with Crippen LogP contribution in [0.15, 0.2) is 91.8 Å². The van der Waals surface area contributed by atoms with Crippen LogP contribution >= 0.6 is 0 Å². The molecule has 0 fully saturated rings. The van der Waals surface area contributed by atoms with Crippen molar-refractivity contribution in [2.24, 2.45) is 0 Å². The Morgan fingerprint density at radius 2 is 1.89 bits per heavy atom. The number of ketones is 1. The molecule has 2 aromatic heterocycles. The Balaban J connectivity index is 1.32. The molecular formula is C33H32N8O3. The second-order valence-corrected chi connectivity index (χ2v) is 10.4. The van der Waals surface area contributed by atoms with Gasteiger partial charge in [-0.25, -0.2) is 14.6 Å². The Morgan fingerprint density at radius 1 is 1.07 bits per heavy atom. The number of hydrogen-bond acceptors (Lipinski definition) is 10. The second kappa shape index (κ2) is 12.3. The van der Waals surface area contributed by atoms with Crippen LogP contribution in [0.25, 0.3) is 5.69 Å². The fourth-order valence-corrected chi connectivity index (χ4v) is 5.62. The van der Waals surface area contributed by atoms with Crippen LogP contribution in [0.3, 0.4) is 0 Å². The van der Waals surface area contributed by atoms with E-state index in [1.54, 1.807) is 29.3 Å². The number of ether oxygens (including phenoxy) is 2. The van der Waals surface area contributed by atoms with Gasteiger partial charge in [-0.1, -0.05) is 36.4 Å². The van der Waals surface area contributed by atoms with E-state index < -0.39 is 0 Å². The largest absolute Gasteiger partial charge is 0.493 e. The summed E-state index contributed by atoms with van der Waals surface area (Å²) in [4.78, 5) is 28.1. The van der Waals surface area contributed by atoms with E-state index in [0.717, 1.165) is 29.8 Å². The van der Waals surface area contributed by atoms with Crippen molar-refractivity contribution in [1.82, 2.24) is 29.6 Å². The lowest BCUT2D eigenvalue weighted by Gasteiger charge is -2.37. The highest BCUT2D eigenvalue weighted by molar-refractivity contribution is 6.07. The molecule has 0 saturated heterocycles. The van der Waals surface area contributed by atoms with Crippen LogP contribution in [0.2, 0.25) is 0 Å². The fourth-order valence-electron chi connectivity index (χ4n) is 5.62. The number of hydrogen-bond donors (Lipinski definition) is 2. The molecule has 0 bridgehead atoms. The van der Waals surface area contributed by atoms with Gasteiger partial charge < -0.3 is 25.8 Å². The minimum atomic E-state index is -0.220. The number of benzene rings is 3. The minimum absolute atomic E-state index is 0.0787. The molecule has 11 heteroatoms. The lowest BCUT2D eigenvalue weighted by atomic mass is 9.88. The maximum atomic E-state index is 13.8. The van der Waals surface area contributed by atoms with Crippen LogP contribution in [0.4, 0.5) is 11.8 Å². The predicted octanol–water partition coefficient (Wildman–Crippen LogP) is 4.17. The molecule has 0 spiro atoms. The summed E-state index contributed by atoms with van der Waals surface area (Å²) in [6, 6.07) is 20.2. The van der Waals surface area contributed by atoms with E-state index in [4.69, 9.17) is 20.9 Å². The highest BCUT2D eigenvalue weighted by atomic mass is 16.5. The zero-order valence-corrected chi connectivity index (χ0v) is 24.4. The SMILES string of the molecule is COc1cc(Cc2cnc(N)nc2N)cc(C(=O)/C=C/N2CCc3ccccc3C2c2ccc(-n3cncn3)cc2)c1OC. The van der Waals surface area contributed by atoms with Gasteiger partial charge in [0.25, 0.3) is 0 Å². The van der Waals surface area contributed by atoms with Crippen LogP contribution in [0.5, 0.6) is 11.5 Å². The summed E-state index contributed by atoms with van der Waals surface area (Å²) in [5.41, 5.74) is 18.1. The van der Waals surface area contributed by atoms with Crippen LogP contribution < -0.4 is 20.9 Å². The summed E-state index contributed by atoms with van der Waals surface area (Å²) >= 11 is 0. The van der Waals surface area contributed by atoms with Crippen molar-refractivity contribution in [2.45, 2.75) is 18.9 Å². The first-order valence-corrected chi connectivity index (χ1v) is 14.1. The molecule has 0 saturated carbocycles. The molecular weight excluding hydrogens is 556 g/mol. The number of fused-ring (bicyclic) bond motifs is 1. The van der Waals surface area contributed by atoms with Gasteiger partial charge in [-0.05, 0) is 52.9 Å². The summed E-state index contributed by atoms with van der Waals surface area (Å²) < 4.78 is 12.9. The van der Waals surface area contributed by atoms with Crippen molar-refractivity contribution in [3.63, 3.8) is 0 Å². The molecule has 0 radical (unpaired) electrons. The van der Waals surface area contributed by atoms with Crippen LogP contribution in [-0.2, 0) is 12.8 Å². The molecule has 0 amide bonds. The quantitative estimate of drug-likeness (QED) is 0.190. The summed E-state index contributed by atoms with van der Waals surface area (Å²) in [5, 5.41) is 4.23. The highest BCUT2D eigenvalue weighted by Crippen LogP contribution is 2.37.